The van der Waals surface area contributed by atoms with Crippen LogP contribution >= 0.6 is 11.6 Å². The molecule has 0 unspecified atom stereocenters. The van der Waals surface area contributed by atoms with Crippen molar-refractivity contribution in [1.29, 1.82) is 0 Å². The lowest BCUT2D eigenvalue weighted by atomic mass is 10.0. The highest BCUT2D eigenvalue weighted by Gasteiger charge is 2.35. The second-order valence-corrected chi connectivity index (χ2v) is 9.08. The topological polar surface area (TPSA) is 92.0 Å². The van der Waals surface area contributed by atoms with Crippen LogP contribution in [0.4, 0.5) is 5.69 Å². The third-order valence-electron chi connectivity index (χ3n) is 4.58. The van der Waals surface area contributed by atoms with E-state index in [0.717, 1.165) is 11.8 Å². The average Bonchev–Trinajstić information content (AvgIpc) is 3.36. The molecule has 0 saturated heterocycles. The van der Waals surface area contributed by atoms with Crippen LogP contribution in [0.25, 0.3) is 0 Å². The summed E-state index contributed by atoms with van der Waals surface area (Å²) in [7, 11) is -3.36. The highest BCUT2D eigenvalue weighted by molar-refractivity contribution is 7.92. The lowest BCUT2D eigenvalue weighted by Gasteiger charge is -2.20. The van der Waals surface area contributed by atoms with Crippen LogP contribution in [0, 0.1) is 0 Å². The van der Waals surface area contributed by atoms with Gasteiger partial charge in [-0.2, -0.15) is 5.10 Å². The van der Waals surface area contributed by atoms with E-state index >= 15 is 0 Å². The fourth-order valence-corrected chi connectivity index (χ4v) is 4.03. The number of hydrogen-bond donors (Lipinski definition) is 1. The molecule has 1 amide bonds. The summed E-state index contributed by atoms with van der Waals surface area (Å²) >= 11 is 6.04. The van der Waals surface area contributed by atoms with Crippen LogP contribution in [0.2, 0.25) is 5.02 Å². The maximum absolute atomic E-state index is 13.1. The summed E-state index contributed by atoms with van der Waals surface area (Å²) in [6.45, 7) is 0. The smallest absolute Gasteiger partial charge is 0.274 e. The zero-order chi connectivity index (χ0) is 21.3. The Bertz CT molecular complexity index is 1210. The monoisotopic (exact) mass is 443 g/mol. The number of rotatable bonds is 5. The molecule has 0 radical (unpaired) electrons. The van der Waals surface area contributed by atoms with Gasteiger partial charge >= 0.3 is 0 Å². The standard InChI is InChI=1S/C21H18ClN3O4S/c1-30(27,28)24-17-9-7-14(8-10-17)18-13-19(20-6-3-11-29-20)25(23-18)21(26)15-4-2-5-16(22)12-15/h2-12,19,24H,13H2,1H3/t19-/m1/s1. The Morgan fingerprint density at radius 3 is 2.57 bits per heavy atom. The predicted molar refractivity (Wildman–Crippen MR) is 115 cm³/mol. The molecule has 1 atom stereocenters. The Kier molecular flexibility index (Phi) is 5.36. The largest absolute Gasteiger partial charge is 0.467 e. The van der Waals surface area contributed by atoms with Gasteiger partial charge in [0.25, 0.3) is 5.91 Å². The first-order valence-corrected chi connectivity index (χ1v) is 11.4. The summed E-state index contributed by atoms with van der Waals surface area (Å²) in [6, 6.07) is 16.7. The number of carbonyl (C=O) groups is 1. The molecule has 2 aromatic carbocycles. The molecule has 0 bridgehead atoms. The molecule has 1 aliphatic rings. The molecule has 1 N–H and O–H groups in total. The van der Waals surface area contributed by atoms with Crippen LogP contribution in [0.1, 0.15) is 34.1 Å². The van der Waals surface area contributed by atoms with Crippen molar-refractivity contribution in [2.24, 2.45) is 5.10 Å². The molecule has 3 aromatic rings. The third-order valence-corrected chi connectivity index (χ3v) is 5.42. The second-order valence-electron chi connectivity index (χ2n) is 6.89. The molecule has 2 heterocycles. The molecule has 9 heteroatoms. The highest BCUT2D eigenvalue weighted by atomic mass is 35.5. The molecule has 30 heavy (non-hydrogen) atoms. The van der Waals surface area contributed by atoms with Gasteiger partial charge < -0.3 is 4.42 Å². The molecule has 0 aliphatic carbocycles. The van der Waals surface area contributed by atoms with E-state index in [-0.39, 0.29) is 5.91 Å². The van der Waals surface area contributed by atoms with Gasteiger partial charge in [0, 0.05) is 22.7 Å². The van der Waals surface area contributed by atoms with Crippen molar-refractivity contribution in [2.45, 2.75) is 12.5 Å². The first-order chi connectivity index (χ1) is 14.3. The normalized spacial score (nSPS) is 16.4. The first-order valence-electron chi connectivity index (χ1n) is 9.08. The molecule has 4 rings (SSSR count). The minimum Gasteiger partial charge on any atom is -0.467 e. The molecule has 154 valence electrons. The summed E-state index contributed by atoms with van der Waals surface area (Å²) in [5, 5.41) is 6.44. The van der Waals surface area contributed by atoms with Crippen molar-refractivity contribution in [3.05, 3.63) is 88.8 Å². The van der Waals surface area contributed by atoms with E-state index in [9.17, 15) is 13.2 Å². The van der Waals surface area contributed by atoms with Gasteiger partial charge in [-0.3, -0.25) is 9.52 Å². The Labute approximate surface area is 179 Å². The molecular formula is C21H18ClN3O4S. The maximum Gasteiger partial charge on any atom is 0.274 e. The number of anilines is 1. The van der Waals surface area contributed by atoms with E-state index in [2.05, 4.69) is 9.82 Å². The van der Waals surface area contributed by atoms with Gasteiger partial charge in [0.2, 0.25) is 10.0 Å². The Balaban J connectivity index is 1.66. The Morgan fingerprint density at radius 1 is 1.17 bits per heavy atom. The third kappa shape index (κ3) is 4.39. The van der Waals surface area contributed by atoms with Gasteiger partial charge in [0.15, 0.2) is 0 Å². The van der Waals surface area contributed by atoms with Crippen LogP contribution in [0.3, 0.4) is 0 Å². The maximum atomic E-state index is 13.1. The summed E-state index contributed by atoms with van der Waals surface area (Å²) in [4.78, 5) is 13.1. The Hall–Kier alpha value is -3.10. The van der Waals surface area contributed by atoms with Crippen LogP contribution in [-0.2, 0) is 10.0 Å². The molecule has 1 aromatic heterocycles. The van der Waals surface area contributed by atoms with Gasteiger partial charge in [-0.25, -0.2) is 13.4 Å². The number of halogens is 1. The van der Waals surface area contributed by atoms with Crippen LogP contribution in [0.15, 0.2) is 76.4 Å². The van der Waals surface area contributed by atoms with Crippen molar-refractivity contribution < 1.29 is 17.6 Å². The predicted octanol–water partition coefficient (Wildman–Crippen LogP) is 4.30. The summed E-state index contributed by atoms with van der Waals surface area (Å²) in [5.74, 6) is 0.337. The summed E-state index contributed by atoms with van der Waals surface area (Å²) in [6.07, 6.45) is 3.11. The number of sulfonamides is 1. The van der Waals surface area contributed by atoms with E-state index in [1.807, 2.05) is 0 Å². The van der Waals surface area contributed by atoms with Crippen molar-refractivity contribution in [2.75, 3.05) is 11.0 Å². The molecule has 0 saturated carbocycles. The summed E-state index contributed by atoms with van der Waals surface area (Å²) in [5.41, 5.74) is 2.36. The van der Waals surface area contributed by atoms with Crippen LogP contribution in [0.5, 0.6) is 0 Å². The highest BCUT2D eigenvalue weighted by Crippen LogP contribution is 2.34. The van der Waals surface area contributed by atoms with Crippen molar-refractivity contribution >= 4 is 38.9 Å². The van der Waals surface area contributed by atoms with Crippen molar-refractivity contribution in [3.8, 4) is 0 Å². The van der Waals surface area contributed by atoms with E-state index in [1.54, 1.807) is 66.9 Å². The lowest BCUT2D eigenvalue weighted by molar-refractivity contribution is 0.0693. The van der Waals surface area contributed by atoms with Gasteiger partial charge in [-0.15, -0.1) is 0 Å². The van der Waals surface area contributed by atoms with Gasteiger partial charge in [-0.1, -0.05) is 29.8 Å². The van der Waals surface area contributed by atoms with Crippen molar-refractivity contribution in [3.63, 3.8) is 0 Å². The number of nitrogens with zero attached hydrogens (tertiary/aromatic N) is 2. The average molecular weight is 444 g/mol. The quantitative estimate of drug-likeness (QED) is 0.636. The first kappa shape index (κ1) is 20.2. The number of amides is 1. The number of benzene rings is 2. The Morgan fingerprint density at radius 2 is 1.93 bits per heavy atom. The number of furan rings is 1. The fourth-order valence-electron chi connectivity index (χ4n) is 3.27. The van der Waals surface area contributed by atoms with E-state index < -0.39 is 16.1 Å². The molecule has 1 aliphatic heterocycles. The number of hydrogen-bond acceptors (Lipinski definition) is 5. The van der Waals surface area contributed by atoms with Crippen LogP contribution in [-0.4, -0.2) is 31.3 Å². The van der Waals surface area contributed by atoms with Crippen molar-refractivity contribution in [1.82, 2.24) is 5.01 Å². The van der Waals surface area contributed by atoms with Gasteiger partial charge in [0.05, 0.1) is 18.2 Å². The number of carbonyl (C=O) groups excluding carboxylic acids is 1. The number of hydrazone groups is 1. The van der Waals surface area contributed by atoms with Gasteiger partial charge in [-0.05, 0) is 48.0 Å². The van der Waals surface area contributed by atoms with Crippen LogP contribution < -0.4 is 4.72 Å². The number of nitrogens with one attached hydrogen (secondary N) is 1. The van der Waals surface area contributed by atoms with E-state index in [1.165, 1.54) is 5.01 Å². The molecule has 0 fully saturated rings. The zero-order valence-electron chi connectivity index (χ0n) is 15.9. The van der Waals surface area contributed by atoms with Gasteiger partial charge in [0.1, 0.15) is 11.8 Å². The lowest BCUT2D eigenvalue weighted by Crippen LogP contribution is -2.26. The molecule has 0 spiro atoms. The fraction of sp³-hybridized carbons (Fsp3) is 0.143. The van der Waals surface area contributed by atoms with E-state index in [4.69, 9.17) is 16.0 Å². The molecular weight excluding hydrogens is 426 g/mol. The summed E-state index contributed by atoms with van der Waals surface area (Å²) < 4.78 is 30.8. The minimum absolute atomic E-state index is 0.288. The van der Waals surface area contributed by atoms with E-state index in [0.29, 0.717) is 34.2 Å². The SMILES string of the molecule is CS(=O)(=O)Nc1ccc(C2=NN(C(=O)c3cccc(Cl)c3)[C@@H](c3ccco3)C2)cc1. The second kappa shape index (κ2) is 7.97. The minimum atomic E-state index is -3.36. The zero-order valence-corrected chi connectivity index (χ0v) is 17.5. The molecule has 7 nitrogen and oxygen atoms in total.